The van der Waals surface area contributed by atoms with Gasteiger partial charge in [-0.2, -0.15) is 0 Å². The molecule has 0 spiro atoms. The first-order chi connectivity index (χ1) is 6.58. The van der Waals surface area contributed by atoms with Crippen molar-refractivity contribution in [3.63, 3.8) is 0 Å². The van der Waals surface area contributed by atoms with Crippen molar-refractivity contribution in [1.82, 2.24) is 0 Å². The number of rotatable bonds is 2. The Balaban J connectivity index is 2.68. The highest BCUT2D eigenvalue weighted by Gasteiger charge is 1.95. The van der Waals surface area contributed by atoms with Gasteiger partial charge in [0.2, 0.25) is 0 Å². The molecule has 0 unspecified atom stereocenters. The summed E-state index contributed by atoms with van der Waals surface area (Å²) in [5.74, 6) is 0. The molecule has 1 rings (SSSR count). The minimum Gasteiger partial charge on any atom is -0.376 e. The van der Waals surface area contributed by atoms with Crippen LogP contribution in [0.25, 0.3) is 0 Å². The number of benzene rings is 1. The second-order valence-electron chi connectivity index (χ2n) is 2.56. The van der Waals surface area contributed by atoms with E-state index in [1.165, 1.54) is 0 Å². The third-order valence-electron chi connectivity index (χ3n) is 1.42. The van der Waals surface area contributed by atoms with Crippen LogP contribution < -0.4 is 22.1 Å². The van der Waals surface area contributed by atoms with E-state index < -0.39 is 0 Å². The summed E-state index contributed by atoms with van der Waals surface area (Å²) in [4.78, 5) is 0. The third kappa shape index (κ3) is 3.55. The molecule has 0 radical (unpaired) electrons. The highest BCUT2D eigenvalue weighted by atomic mass is 32.1. The molecule has 0 heterocycles. The van der Waals surface area contributed by atoms with Gasteiger partial charge in [-0.05, 0) is 48.7 Å². The van der Waals surface area contributed by atoms with Crippen molar-refractivity contribution < 1.29 is 0 Å². The monoisotopic (exact) mass is 226 g/mol. The Morgan fingerprint density at radius 2 is 1.14 bits per heavy atom. The van der Waals surface area contributed by atoms with Gasteiger partial charge in [-0.25, -0.2) is 0 Å². The van der Waals surface area contributed by atoms with Crippen molar-refractivity contribution in [3.05, 3.63) is 24.3 Å². The molecule has 1 aromatic carbocycles. The molecule has 0 amide bonds. The molecule has 0 aliphatic rings. The Bertz CT molecular complexity index is 312. The number of nitrogens with one attached hydrogen (secondary N) is 2. The second-order valence-corrected chi connectivity index (χ2v) is 3.44. The van der Waals surface area contributed by atoms with Crippen molar-refractivity contribution >= 4 is 46.0 Å². The maximum absolute atomic E-state index is 5.31. The summed E-state index contributed by atoms with van der Waals surface area (Å²) < 4.78 is 0. The van der Waals surface area contributed by atoms with Crippen LogP contribution in [0.1, 0.15) is 0 Å². The number of anilines is 2. The molecule has 0 aliphatic carbocycles. The molecule has 6 heteroatoms. The van der Waals surface area contributed by atoms with Gasteiger partial charge in [0, 0.05) is 11.4 Å². The largest absolute Gasteiger partial charge is 0.376 e. The summed E-state index contributed by atoms with van der Waals surface area (Å²) in [7, 11) is 0. The number of thiocarbonyl (C=S) groups is 2. The minimum absolute atomic E-state index is 0.236. The molecule has 0 fully saturated rings. The van der Waals surface area contributed by atoms with Crippen molar-refractivity contribution in [2.24, 2.45) is 11.5 Å². The third-order valence-corrected chi connectivity index (χ3v) is 1.62. The molecule has 0 saturated heterocycles. The molecule has 0 aromatic heterocycles. The lowest BCUT2D eigenvalue weighted by molar-refractivity contribution is 1.57. The summed E-state index contributed by atoms with van der Waals surface area (Å²) >= 11 is 9.38. The second kappa shape index (κ2) is 4.73. The van der Waals surface area contributed by atoms with Crippen molar-refractivity contribution in [3.8, 4) is 0 Å². The van der Waals surface area contributed by atoms with E-state index >= 15 is 0 Å². The smallest absolute Gasteiger partial charge is 0.168 e. The first kappa shape index (κ1) is 10.7. The molecule has 14 heavy (non-hydrogen) atoms. The van der Waals surface area contributed by atoms with E-state index in [9.17, 15) is 0 Å². The van der Waals surface area contributed by atoms with Gasteiger partial charge in [0.25, 0.3) is 0 Å². The molecule has 0 atom stereocenters. The highest BCUT2D eigenvalue weighted by Crippen LogP contribution is 2.12. The van der Waals surface area contributed by atoms with Crippen LogP contribution in [0.2, 0.25) is 0 Å². The summed E-state index contributed by atoms with van der Waals surface area (Å²) in [6.07, 6.45) is 0. The molecule has 0 aliphatic heterocycles. The number of hydrogen-bond donors (Lipinski definition) is 4. The van der Waals surface area contributed by atoms with E-state index in [1.807, 2.05) is 24.3 Å². The minimum atomic E-state index is 0.236. The van der Waals surface area contributed by atoms with Gasteiger partial charge in [-0.15, -0.1) is 0 Å². The van der Waals surface area contributed by atoms with Gasteiger partial charge in [0.1, 0.15) is 0 Å². The fraction of sp³-hybridized carbons (Fsp3) is 0. The van der Waals surface area contributed by atoms with Crippen LogP contribution in [-0.4, -0.2) is 10.2 Å². The maximum Gasteiger partial charge on any atom is 0.168 e. The van der Waals surface area contributed by atoms with E-state index in [2.05, 4.69) is 10.6 Å². The zero-order chi connectivity index (χ0) is 10.6. The molecule has 4 nitrogen and oxygen atoms in total. The Kier molecular flexibility index (Phi) is 3.61. The van der Waals surface area contributed by atoms with E-state index in [0.717, 1.165) is 11.4 Å². The number of nitrogens with two attached hydrogens (primary N) is 2. The van der Waals surface area contributed by atoms with Gasteiger partial charge in [0.05, 0.1) is 0 Å². The quantitative estimate of drug-likeness (QED) is 0.564. The van der Waals surface area contributed by atoms with Gasteiger partial charge >= 0.3 is 0 Å². The molecule has 74 valence electrons. The Morgan fingerprint density at radius 3 is 1.36 bits per heavy atom. The van der Waals surface area contributed by atoms with Crippen molar-refractivity contribution in [2.45, 2.75) is 0 Å². The lowest BCUT2D eigenvalue weighted by Crippen LogP contribution is -2.20. The zero-order valence-corrected chi connectivity index (χ0v) is 8.91. The molecule has 6 N–H and O–H groups in total. The van der Waals surface area contributed by atoms with E-state index in [4.69, 9.17) is 35.9 Å². The van der Waals surface area contributed by atoms with E-state index in [0.29, 0.717) is 0 Å². The molecular weight excluding hydrogens is 216 g/mol. The van der Waals surface area contributed by atoms with Crippen LogP contribution in [0.3, 0.4) is 0 Å². The summed E-state index contributed by atoms with van der Waals surface area (Å²) in [5, 5.41) is 6.08. The van der Waals surface area contributed by atoms with Crippen LogP contribution in [0.4, 0.5) is 11.4 Å². The lowest BCUT2D eigenvalue weighted by atomic mass is 10.3. The number of hydrogen-bond acceptors (Lipinski definition) is 2. The standard InChI is InChI=1S/C8H10N4S2/c9-7(13)11-5-1-2-6(4-3-5)12-8(10)14/h1-4H,(H3,9,11,13)(H3,10,12,14). The SMILES string of the molecule is NC(=S)Nc1ccc(NC(N)=S)cc1. The predicted octanol–water partition coefficient (Wildman–Crippen LogP) is 0.998. The summed E-state index contributed by atoms with van der Waals surface area (Å²) in [5.41, 5.74) is 12.3. The van der Waals surface area contributed by atoms with E-state index in [-0.39, 0.29) is 10.2 Å². The molecular formula is C8H10N4S2. The normalized spacial score (nSPS) is 9.14. The average molecular weight is 226 g/mol. The van der Waals surface area contributed by atoms with Gasteiger partial charge < -0.3 is 22.1 Å². The first-order valence-electron chi connectivity index (χ1n) is 3.81. The van der Waals surface area contributed by atoms with Crippen LogP contribution in [0.15, 0.2) is 24.3 Å². The van der Waals surface area contributed by atoms with Crippen molar-refractivity contribution in [2.75, 3.05) is 10.6 Å². The van der Waals surface area contributed by atoms with Crippen molar-refractivity contribution in [1.29, 1.82) is 0 Å². The Labute approximate surface area is 92.7 Å². The first-order valence-corrected chi connectivity index (χ1v) is 4.62. The maximum atomic E-state index is 5.31. The fourth-order valence-electron chi connectivity index (χ4n) is 0.921. The molecule has 1 aromatic rings. The zero-order valence-electron chi connectivity index (χ0n) is 7.28. The molecule has 0 saturated carbocycles. The average Bonchev–Trinajstić information content (AvgIpc) is 2.06. The van der Waals surface area contributed by atoms with Crippen LogP contribution in [0, 0.1) is 0 Å². The Morgan fingerprint density at radius 1 is 0.857 bits per heavy atom. The van der Waals surface area contributed by atoms with Gasteiger partial charge in [-0.3, -0.25) is 0 Å². The topological polar surface area (TPSA) is 76.1 Å². The highest BCUT2D eigenvalue weighted by molar-refractivity contribution is 7.80. The van der Waals surface area contributed by atoms with Crippen LogP contribution in [0.5, 0.6) is 0 Å². The molecule has 0 bridgehead atoms. The fourth-order valence-corrected chi connectivity index (χ4v) is 1.16. The van der Waals surface area contributed by atoms with E-state index in [1.54, 1.807) is 0 Å². The lowest BCUT2D eigenvalue weighted by Gasteiger charge is -2.06. The Hall–Kier alpha value is -1.40. The van der Waals surface area contributed by atoms with Gasteiger partial charge in [0.15, 0.2) is 10.2 Å². The summed E-state index contributed by atoms with van der Waals surface area (Å²) in [6, 6.07) is 7.28. The van der Waals surface area contributed by atoms with Gasteiger partial charge in [-0.1, -0.05) is 0 Å². The van der Waals surface area contributed by atoms with Crippen LogP contribution >= 0.6 is 24.4 Å². The summed E-state index contributed by atoms with van der Waals surface area (Å²) in [6.45, 7) is 0. The predicted molar refractivity (Wildman–Crippen MR) is 67.3 cm³/mol. The van der Waals surface area contributed by atoms with Crippen LogP contribution in [-0.2, 0) is 0 Å².